The highest BCUT2D eigenvalue weighted by Gasteiger charge is 2.56. The van der Waals surface area contributed by atoms with Gasteiger partial charge in [-0.3, -0.25) is 9.59 Å². The number of carboxylic acids is 1. The maximum atomic E-state index is 13.9. The van der Waals surface area contributed by atoms with Crippen molar-refractivity contribution in [2.75, 3.05) is 51.4 Å². The second-order valence-electron chi connectivity index (χ2n) is 11.8. The summed E-state index contributed by atoms with van der Waals surface area (Å²) in [6.45, 7) is 2.14. The largest absolute Gasteiger partial charge is 0.490 e. The molecule has 50 heavy (non-hydrogen) atoms. The molecule has 0 radical (unpaired) electrons. The van der Waals surface area contributed by atoms with Crippen molar-refractivity contribution in [3.63, 3.8) is 0 Å². The van der Waals surface area contributed by atoms with Gasteiger partial charge in [0.05, 0.1) is 29.3 Å². The number of ether oxygens (including phenoxy) is 2. The molecule has 21 heteroatoms. The van der Waals surface area contributed by atoms with Gasteiger partial charge in [-0.15, -0.1) is 0 Å². The smallest absolute Gasteiger partial charge is 0.483 e. The highest BCUT2D eigenvalue weighted by molar-refractivity contribution is 5.85. The molecule has 2 saturated heterocycles. The van der Waals surface area contributed by atoms with E-state index in [1.807, 2.05) is 0 Å². The molecule has 4 rings (SSSR count). The number of rotatable bonds is 6. The van der Waals surface area contributed by atoms with Crippen LogP contribution in [0.25, 0.3) is 0 Å². The first kappa shape index (κ1) is 44.6. The fourth-order valence-electron chi connectivity index (χ4n) is 5.85. The van der Waals surface area contributed by atoms with Crippen molar-refractivity contribution >= 4 is 24.2 Å². The summed E-state index contributed by atoms with van der Waals surface area (Å²) in [5, 5.41) is 28.8. The van der Waals surface area contributed by atoms with Crippen molar-refractivity contribution < 1.29 is 78.7 Å². The van der Waals surface area contributed by atoms with Crippen LogP contribution in [0.4, 0.5) is 45.3 Å². The van der Waals surface area contributed by atoms with Gasteiger partial charge in [-0.25, -0.2) is 9.78 Å². The number of carbonyl (C=O) groups excluding carboxylic acids is 1. The number of amides is 1. The number of carboxylic acid groups (broad SMARTS) is 2. The quantitative estimate of drug-likeness (QED) is 0.247. The van der Waals surface area contributed by atoms with E-state index < -0.39 is 41.6 Å². The topological polar surface area (TPSA) is 162 Å². The van der Waals surface area contributed by atoms with Crippen LogP contribution in [0.1, 0.15) is 45.1 Å². The number of aliphatic hydroxyl groups is 1. The van der Waals surface area contributed by atoms with Crippen LogP contribution in [0.3, 0.4) is 0 Å². The van der Waals surface area contributed by atoms with Crippen LogP contribution in [0, 0.1) is 5.41 Å². The van der Waals surface area contributed by atoms with E-state index in [0.717, 1.165) is 31.2 Å². The van der Waals surface area contributed by atoms with E-state index in [2.05, 4.69) is 10.3 Å². The number of aromatic nitrogens is 1. The number of methoxy groups -OCH3 is 1. The first-order valence-electron chi connectivity index (χ1n) is 15.0. The van der Waals surface area contributed by atoms with Gasteiger partial charge < -0.3 is 39.9 Å². The lowest BCUT2D eigenvalue weighted by Gasteiger charge is -2.45. The molecular formula is C29H41F9N4O8. The van der Waals surface area contributed by atoms with E-state index in [-0.39, 0.29) is 36.4 Å². The van der Waals surface area contributed by atoms with Gasteiger partial charge in [0, 0.05) is 58.2 Å². The van der Waals surface area contributed by atoms with Crippen molar-refractivity contribution in [2.24, 2.45) is 5.41 Å². The lowest BCUT2D eigenvalue weighted by molar-refractivity contribution is -0.192. The Morgan fingerprint density at radius 2 is 1.64 bits per heavy atom. The van der Waals surface area contributed by atoms with Crippen molar-refractivity contribution in [2.45, 2.75) is 82.4 Å². The van der Waals surface area contributed by atoms with Crippen LogP contribution >= 0.6 is 0 Å². The molecule has 3 aliphatic rings. The number of hydrogen-bond donors (Lipinski definition) is 4. The lowest BCUT2D eigenvalue weighted by atomic mass is 9.70. The summed E-state index contributed by atoms with van der Waals surface area (Å²) in [7, 11) is 1.67. The Hall–Kier alpha value is -3.43. The zero-order valence-corrected chi connectivity index (χ0v) is 27.3. The average molecular weight is 745 g/mol. The molecule has 0 bridgehead atoms. The second-order valence-corrected chi connectivity index (χ2v) is 11.8. The van der Waals surface area contributed by atoms with Crippen LogP contribution in [0.15, 0.2) is 18.3 Å². The summed E-state index contributed by atoms with van der Waals surface area (Å²) < 4.78 is 111. The molecule has 2 unspecified atom stereocenters. The highest BCUT2D eigenvalue weighted by Crippen LogP contribution is 2.48. The summed E-state index contributed by atoms with van der Waals surface area (Å²) in [4.78, 5) is 38.7. The average Bonchev–Trinajstić information content (AvgIpc) is 3.46. The van der Waals surface area contributed by atoms with Gasteiger partial charge in [0.2, 0.25) is 5.91 Å². The molecule has 4 atom stereocenters. The van der Waals surface area contributed by atoms with E-state index in [0.29, 0.717) is 52.2 Å². The van der Waals surface area contributed by atoms with Gasteiger partial charge in [0.1, 0.15) is 5.82 Å². The van der Waals surface area contributed by atoms with Crippen LogP contribution in [-0.2, 0) is 30.0 Å². The highest BCUT2D eigenvalue weighted by atomic mass is 19.4. The molecule has 1 amide bonds. The Kier molecular flexibility index (Phi) is 17.2. The number of pyridine rings is 1. The summed E-state index contributed by atoms with van der Waals surface area (Å²) in [6, 6.07) is 2.20. The third kappa shape index (κ3) is 13.4. The number of aliphatic carboxylic acids is 1. The van der Waals surface area contributed by atoms with Crippen LogP contribution in [0.5, 0.6) is 0 Å². The Bertz CT molecular complexity index is 1210. The first-order chi connectivity index (χ1) is 23.0. The zero-order valence-electron chi connectivity index (χ0n) is 27.3. The minimum atomic E-state index is -5.08. The number of carbonyl (C=O) groups is 3. The molecule has 3 fully saturated rings. The fraction of sp³-hybridized carbons (Fsp3) is 0.724. The SMILES string of the molecule is COC1COCCC1N[C@@H]1CC[C@@](C(=O)N2CCN(c3cc(C(F)(F)F)ccn3)CC2)(C(C)(C)O)C1.FC(F)F.O=C(O)C(F)(F)F.O=CO. The molecule has 1 saturated carbocycles. The monoisotopic (exact) mass is 744 g/mol. The third-order valence-corrected chi connectivity index (χ3v) is 8.36. The molecule has 2 aliphatic heterocycles. The fourth-order valence-corrected chi connectivity index (χ4v) is 5.85. The van der Waals surface area contributed by atoms with Crippen LogP contribution in [0.2, 0.25) is 0 Å². The minimum absolute atomic E-state index is 0.0517. The Balaban J connectivity index is 0.000000758. The van der Waals surface area contributed by atoms with E-state index in [1.54, 1.807) is 30.8 Å². The van der Waals surface area contributed by atoms with Gasteiger partial charge in [-0.2, -0.15) is 39.5 Å². The summed E-state index contributed by atoms with van der Waals surface area (Å²) >= 11 is 0. The normalized spacial score (nSPS) is 24.2. The number of anilines is 1. The van der Waals surface area contributed by atoms with Crippen LogP contribution < -0.4 is 10.2 Å². The molecule has 4 N–H and O–H groups in total. The second kappa shape index (κ2) is 19.3. The molecule has 0 spiro atoms. The molecule has 0 aromatic carbocycles. The standard InChI is InChI=1S/C25H37F3N4O4.C2HF3O2.CHF3.CH2O2/c1-23(2,34)24(7-4-18(15-24)30-19-6-13-36-16-20(19)35-3)22(33)32-11-9-31(10-12-32)21-14-17(5-8-29-21)25(26,27)28;3-2(4,5)1(6)7;2-1(3)4;2-1-3/h5,8,14,18-20,30,34H,4,6-7,9-13,15-16H2,1-3H3;(H,6,7);1H;1H,(H,2,3)/t18-,19?,20?,24-;;;/m1.../s1. The van der Waals surface area contributed by atoms with Gasteiger partial charge >= 0.3 is 25.0 Å². The minimum Gasteiger partial charge on any atom is -0.483 e. The molecular weight excluding hydrogens is 703 g/mol. The molecule has 3 heterocycles. The molecule has 288 valence electrons. The predicted octanol–water partition coefficient (Wildman–Crippen LogP) is 3.96. The maximum Gasteiger partial charge on any atom is 0.490 e. The van der Waals surface area contributed by atoms with Gasteiger partial charge in [-0.1, -0.05) is 0 Å². The molecule has 12 nitrogen and oxygen atoms in total. The van der Waals surface area contributed by atoms with Crippen molar-refractivity contribution in [3.8, 4) is 0 Å². The van der Waals surface area contributed by atoms with E-state index in [1.165, 1.54) is 0 Å². The molecule has 1 aliphatic carbocycles. The number of nitrogens with one attached hydrogen (secondary N) is 1. The number of nitrogens with zero attached hydrogens (tertiary/aromatic N) is 3. The zero-order chi connectivity index (χ0) is 38.5. The number of hydrogen-bond acceptors (Lipinski definition) is 9. The maximum absolute atomic E-state index is 13.9. The summed E-state index contributed by atoms with van der Waals surface area (Å²) in [5.74, 6) is -2.60. The van der Waals surface area contributed by atoms with Crippen molar-refractivity contribution in [1.82, 2.24) is 15.2 Å². The Labute approximate surface area is 281 Å². The first-order valence-corrected chi connectivity index (χ1v) is 15.0. The van der Waals surface area contributed by atoms with Gasteiger partial charge in [0.25, 0.3) is 6.47 Å². The number of halogens is 9. The van der Waals surface area contributed by atoms with E-state index >= 15 is 0 Å². The Morgan fingerprint density at radius 1 is 1.10 bits per heavy atom. The molecule has 1 aromatic heterocycles. The van der Waals surface area contributed by atoms with Gasteiger partial charge in [-0.05, 0) is 51.7 Å². The summed E-state index contributed by atoms with van der Waals surface area (Å²) in [6.07, 6.45) is -5.75. The lowest BCUT2D eigenvalue weighted by Crippen LogP contribution is -2.59. The van der Waals surface area contributed by atoms with Gasteiger partial charge in [0.15, 0.2) is 0 Å². The van der Waals surface area contributed by atoms with E-state index in [4.69, 9.17) is 29.3 Å². The number of alkyl halides is 9. The third-order valence-electron chi connectivity index (χ3n) is 8.36. The van der Waals surface area contributed by atoms with Crippen molar-refractivity contribution in [3.05, 3.63) is 23.9 Å². The summed E-state index contributed by atoms with van der Waals surface area (Å²) in [5.41, 5.74) is -2.90. The van der Waals surface area contributed by atoms with Crippen molar-refractivity contribution in [1.29, 1.82) is 0 Å². The predicted molar refractivity (Wildman–Crippen MR) is 157 cm³/mol. The van der Waals surface area contributed by atoms with E-state index in [9.17, 15) is 49.4 Å². The number of piperazine rings is 1. The molecule has 1 aromatic rings. The van der Waals surface area contributed by atoms with Crippen LogP contribution in [-0.4, -0.2) is 127 Å². The Morgan fingerprint density at radius 3 is 2.10 bits per heavy atom.